The predicted molar refractivity (Wildman–Crippen MR) is 109 cm³/mol. The van der Waals surface area contributed by atoms with Gasteiger partial charge in [-0.1, -0.05) is 49.4 Å². The van der Waals surface area contributed by atoms with E-state index < -0.39 is 0 Å². The Bertz CT molecular complexity index is 1100. The van der Waals surface area contributed by atoms with Gasteiger partial charge in [0.15, 0.2) is 0 Å². The molecule has 0 fully saturated rings. The number of H-pyrrole nitrogens is 1. The molecule has 4 aromatic rings. The predicted octanol–water partition coefficient (Wildman–Crippen LogP) is 4.83. The smallest absolute Gasteiger partial charge is 0.259 e. The van der Waals surface area contributed by atoms with Crippen molar-refractivity contribution in [3.63, 3.8) is 0 Å². The van der Waals surface area contributed by atoms with Crippen LogP contribution in [0.25, 0.3) is 20.7 Å². The number of hydrogen-bond acceptors (Lipinski definition) is 4. The molecule has 130 valence electrons. The first-order valence-corrected chi connectivity index (χ1v) is 9.45. The summed E-state index contributed by atoms with van der Waals surface area (Å²) in [6, 6.07) is 20.3. The number of nitrogens with one attached hydrogen (secondary N) is 2. The number of anilines is 1. The Hall–Kier alpha value is -2.92. The molecule has 0 aliphatic rings. The van der Waals surface area contributed by atoms with Crippen molar-refractivity contribution in [2.24, 2.45) is 0 Å². The Kier molecular flexibility index (Phi) is 4.54. The van der Waals surface area contributed by atoms with Gasteiger partial charge in [0, 0.05) is 10.6 Å². The van der Waals surface area contributed by atoms with E-state index >= 15 is 0 Å². The van der Waals surface area contributed by atoms with Gasteiger partial charge in [-0.2, -0.15) is 0 Å². The van der Waals surface area contributed by atoms with Gasteiger partial charge in [0.1, 0.15) is 10.7 Å². The molecule has 0 saturated carbocycles. The molecule has 5 heteroatoms. The zero-order chi connectivity index (χ0) is 17.9. The van der Waals surface area contributed by atoms with Crippen molar-refractivity contribution in [1.29, 1.82) is 0 Å². The lowest BCUT2D eigenvalue weighted by atomic mass is 10.1. The first-order chi connectivity index (χ1) is 12.7. The summed E-state index contributed by atoms with van der Waals surface area (Å²) >= 11 is 1.55. The molecule has 2 aromatic heterocycles. The van der Waals surface area contributed by atoms with Gasteiger partial charge < -0.3 is 10.3 Å². The lowest BCUT2D eigenvalue weighted by molar-refractivity contribution is 0.956. The van der Waals surface area contributed by atoms with E-state index in [1.165, 1.54) is 5.56 Å². The second kappa shape index (κ2) is 7.14. The van der Waals surface area contributed by atoms with Crippen LogP contribution in [0.5, 0.6) is 0 Å². The van der Waals surface area contributed by atoms with Crippen molar-refractivity contribution < 1.29 is 0 Å². The van der Waals surface area contributed by atoms with E-state index in [2.05, 4.69) is 34.3 Å². The van der Waals surface area contributed by atoms with E-state index in [0.29, 0.717) is 17.8 Å². The molecule has 0 aliphatic carbocycles. The first kappa shape index (κ1) is 16.5. The first-order valence-electron chi connectivity index (χ1n) is 8.64. The van der Waals surface area contributed by atoms with Crippen LogP contribution in [-0.2, 0) is 13.0 Å². The highest BCUT2D eigenvalue weighted by Crippen LogP contribution is 2.30. The molecule has 26 heavy (non-hydrogen) atoms. The lowest BCUT2D eigenvalue weighted by Crippen LogP contribution is -2.13. The number of fused-ring (bicyclic) bond motifs is 1. The van der Waals surface area contributed by atoms with E-state index in [4.69, 9.17) is 0 Å². The maximum Gasteiger partial charge on any atom is 0.259 e. The van der Waals surface area contributed by atoms with Gasteiger partial charge in [-0.15, -0.1) is 11.3 Å². The number of aryl methyl sites for hydroxylation is 1. The zero-order valence-corrected chi connectivity index (χ0v) is 15.3. The monoisotopic (exact) mass is 361 g/mol. The van der Waals surface area contributed by atoms with Crippen LogP contribution in [0.15, 0.2) is 65.5 Å². The number of hydrogen-bond donors (Lipinski definition) is 2. The molecular formula is C21H19N3OS. The Morgan fingerprint density at radius 1 is 1.08 bits per heavy atom. The Labute approximate surface area is 155 Å². The highest BCUT2D eigenvalue weighted by molar-refractivity contribution is 7.21. The van der Waals surface area contributed by atoms with Crippen LogP contribution in [-0.4, -0.2) is 9.97 Å². The molecule has 2 N–H and O–H groups in total. The van der Waals surface area contributed by atoms with Crippen molar-refractivity contribution >= 4 is 27.2 Å². The van der Waals surface area contributed by atoms with Gasteiger partial charge in [-0.05, 0) is 35.7 Å². The second-order valence-electron chi connectivity index (χ2n) is 6.12. The molecule has 0 bridgehead atoms. The Morgan fingerprint density at radius 3 is 2.73 bits per heavy atom. The average Bonchev–Trinajstić information content (AvgIpc) is 3.12. The maximum atomic E-state index is 12.4. The summed E-state index contributed by atoms with van der Waals surface area (Å²) in [5, 5.41) is 3.98. The van der Waals surface area contributed by atoms with Crippen LogP contribution in [0.1, 0.15) is 18.3 Å². The fourth-order valence-corrected chi connectivity index (χ4v) is 3.95. The highest BCUT2D eigenvalue weighted by atomic mass is 32.1. The van der Waals surface area contributed by atoms with E-state index in [0.717, 1.165) is 27.4 Å². The highest BCUT2D eigenvalue weighted by Gasteiger charge is 2.10. The number of rotatable bonds is 5. The maximum absolute atomic E-state index is 12.4. The van der Waals surface area contributed by atoms with Gasteiger partial charge in [-0.25, -0.2) is 4.98 Å². The third-order valence-corrected chi connectivity index (χ3v) is 5.38. The summed E-state index contributed by atoms with van der Waals surface area (Å²) in [5.41, 5.74) is 3.32. The molecule has 0 amide bonds. The molecule has 0 unspecified atom stereocenters. The Balaban J connectivity index is 1.61. The van der Waals surface area contributed by atoms with Crippen LogP contribution < -0.4 is 10.9 Å². The minimum atomic E-state index is -0.0902. The lowest BCUT2D eigenvalue weighted by Gasteiger charge is -2.07. The molecule has 0 spiro atoms. The summed E-state index contributed by atoms with van der Waals surface area (Å²) in [6.07, 6.45) is 0.994. The summed E-state index contributed by atoms with van der Waals surface area (Å²) in [7, 11) is 0. The molecule has 0 radical (unpaired) electrons. The molecular weight excluding hydrogens is 342 g/mol. The minimum Gasteiger partial charge on any atom is -0.378 e. The SMILES string of the molecule is CCc1cccc(NCc2nc3sc(-c4ccccc4)cc3c(=O)[nH]2)c1. The number of aromatic nitrogens is 2. The van der Waals surface area contributed by atoms with E-state index in [9.17, 15) is 4.79 Å². The van der Waals surface area contributed by atoms with Crippen molar-refractivity contribution in [1.82, 2.24) is 9.97 Å². The van der Waals surface area contributed by atoms with Gasteiger partial charge in [-0.3, -0.25) is 4.79 Å². The molecule has 4 rings (SSSR count). The quantitative estimate of drug-likeness (QED) is 0.535. The van der Waals surface area contributed by atoms with Crippen molar-refractivity contribution in [3.05, 3.63) is 82.4 Å². The molecule has 4 nitrogen and oxygen atoms in total. The third-order valence-electron chi connectivity index (χ3n) is 4.30. The molecule has 0 atom stereocenters. The van der Waals surface area contributed by atoms with Gasteiger partial charge in [0.05, 0.1) is 11.9 Å². The summed E-state index contributed by atoms with van der Waals surface area (Å²) < 4.78 is 0. The van der Waals surface area contributed by atoms with Crippen LogP contribution >= 0.6 is 11.3 Å². The topological polar surface area (TPSA) is 57.8 Å². The van der Waals surface area contributed by atoms with Crippen molar-refractivity contribution in [3.8, 4) is 10.4 Å². The van der Waals surface area contributed by atoms with Crippen LogP contribution in [0.4, 0.5) is 5.69 Å². The van der Waals surface area contributed by atoms with Crippen LogP contribution in [0, 0.1) is 0 Å². The number of nitrogens with zero attached hydrogens (tertiary/aromatic N) is 1. The summed E-state index contributed by atoms with van der Waals surface area (Å²) in [5.74, 6) is 0.644. The molecule has 2 aromatic carbocycles. The van der Waals surface area contributed by atoms with Gasteiger partial charge in [0.25, 0.3) is 5.56 Å². The normalized spacial score (nSPS) is 11.0. The van der Waals surface area contributed by atoms with Crippen LogP contribution in [0.3, 0.4) is 0 Å². The second-order valence-corrected chi connectivity index (χ2v) is 7.15. The molecule has 0 saturated heterocycles. The fourth-order valence-electron chi connectivity index (χ4n) is 2.89. The summed E-state index contributed by atoms with van der Waals surface area (Å²) in [4.78, 5) is 21.8. The van der Waals surface area contributed by atoms with Gasteiger partial charge in [0.2, 0.25) is 0 Å². The minimum absolute atomic E-state index is 0.0902. The Morgan fingerprint density at radius 2 is 1.92 bits per heavy atom. The number of aromatic amines is 1. The summed E-state index contributed by atoms with van der Waals surface area (Å²) in [6.45, 7) is 2.62. The van der Waals surface area contributed by atoms with E-state index in [1.807, 2.05) is 48.5 Å². The zero-order valence-electron chi connectivity index (χ0n) is 14.5. The molecule has 0 aliphatic heterocycles. The third kappa shape index (κ3) is 3.39. The molecule has 2 heterocycles. The van der Waals surface area contributed by atoms with E-state index in [-0.39, 0.29) is 5.56 Å². The standard InChI is InChI=1S/C21H19N3OS/c1-2-14-7-6-10-16(11-14)22-13-19-23-20(25)17-12-18(26-21(17)24-19)15-8-4-3-5-9-15/h3-12,22H,2,13H2,1H3,(H,23,24,25). The van der Waals surface area contributed by atoms with Crippen molar-refractivity contribution in [2.45, 2.75) is 19.9 Å². The average molecular weight is 361 g/mol. The van der Waals surface area contributed by atoms with Gasteiger partial charge >= 0.3 is 0 Å². The van der Waals surface area contributed by atoms with Crippen molar-refractivity contribution in [2.75, 3.05) is 5.32 Å². The van der Waals surface area contributed by atoms with E-state index in [1.54, 1.807) is 11.3 Å². The van der Waals surface area contributed by atoms with Crippen LogP contribution in [0.2, 0.25) is 0 Å². The fraction of sp³-hybridized carbons (Fsp3) is 0.143. The largest absolute Gasteiger partial charge is 0.378 e. The number of thiophene rings is 1. The number of benzene rings is 2.